The van der Waals surface area contributed by atoms with Gasteiger partial charge in [0.1, 0.15) is 5.56 Å². The van der Waals surface area contributed by atoms with Gasteiger partial charge in [-0.2, -0.15) is 5.10 Å². The Hall–Kier alpha value is -2.55. The molecule has 0 atom stereocenters. The lowest BCUT2D eigenvalue weighted by Crippen LogP contribution is -2.37. The minimum atomic E-state index is -1.15. The molecule has 0 bridgehead atoms. The molecule has 0 aliphatic carbocycles. The molecule has 1 N–H and O–H groups in total. The Morgan fingerprint density at radius 1 is 1.13 bits per heavy atom. The van der Waals surface area contributed by atoms with Gasteiger partial charge in [0, 0.05) is 23.0 Å². The van der Waals surface area contributed by atoms with Crippen molar-refractivity contribution in [1.82, 2.24) is 14.7 Å². The number of aromatic nitrogens is 2. The highest BCUT2D eigenvalue weighted by Gasteiger charge is 2.33. The monoisotopic (exact) mass is 523 g/mol. The minimum absolute atomic E-state index is 0.0817. The molecule has 2 heterocycles. The molecule has 7 nitrogen and oxygen atoms in total. The molecule has 4 rings (SSSR count). The molecule has 0 unspecified atom stereocenters. The van der Waals surface area contributed by atoms with Crippen LogP contribution in [0.1, 0.15) is 32.1 Å². The van der Waals surface area contributed by atoms with Crippen LogP contribution in [0, 0.1) is 0 Å². The first kappa shape index (κ1) is 21.7. The van der Waals surface area contributed by atoms with Crippen LogP contribution in [0.15, 0.2) is 40.9 Å². The molecule has 3 aromatic rings. The number of halogens is 3. The van der Waals surface area contributed by atoms with E-state index in [0.717, 1.165) is 15.9 Å². The lowest BCUT2D eigenvalue weighted by Gasteiger charge is -2.28. The molecule has 0 spiro atoms. The van der Waals surface area contributed by atoms with Crippen molar-refractivity contribution >= 4 is 51.0 Å². The predicted molar refractivity (Wildman–Crippen MR) is 120 cm³/mol. The quantitative estimate of drug-likeness (QED) is 0.527. The minimum Gasteiger partial charge on any atom is -0.494 e. The summed E-state index contributed by atoms with van der Waals surface area (Å²) in [6.07, 6.45) is 0.428. The van der Waals surface area contributed by atoms with E-state index in [4.69, 9.17) is 27.9 Å². The van der Waals surface area contributed by atoms with Crippen LogP contribution in [0.2, 0.25) is 10.0 Å². The van der Waals surface area contributed by atoms with Gasteiger partial charge in [-0.15, -0.1) is 0 Å². The Bertz CT molecular complexity index is 1190. The largest absolute Gasteiger partial charge is 0.494 e. The normalized spacial score (nSPS) is 13.1. The SMILES string of the molecule is COc1c(Cl)ccc(Cl)c1C(=O)N1CCc2c(c(C(=O)O)nn2-c2ccc(Br)cc2)C1. The van der Waals surface area contributed by atoms with Gasteiger partial charge < -0.3 is 14.7 Å². The molecule has 160 valence electrons. The summed E-state index contributed by atoms with van der Waals surface area (Å²) in [4.78, 5) is 26.7. The van der Waals surface area contributed by atoms with E-state index < -0.39 is 5.97 Å². The third-order valence-corrected chi connectivity index (χ3v) is 6.24. The summed E-state index contributed by atoms with van der Waals surface area (Å²) >= 11 is 15.8. The molecule has 1 aliphatic rings. The number of fused-ring (bicyclic) bond motifs is 1. The van der Waals surface area contributed by atoms with Gasteiger partial charge >= 0.3 is 5.97 Å². The summed E-state index contributed by atoms with van der Waals surface area (Å²) in [6, 6.07) is 10.5. The number of ether oxygens (including phenoxy) is 1. The maximum atomic E-state index is 13.3. The molecule has 10 heteroatoms. The van der Waals surface area contributed by atoms with E-state index in [9.17, 15) is 14.7 Å². The Morgan fingerprint density at radius 2 is 1.81 bits per heavy atom. The number of carboxylic acids is 1. The average Bonchev–Trinajstić information content (AvgIpc) is 3.14. The van der Waals surface area contributed by atoms with Gasteiger partial charge in [0.05, 0.1) is 35.1 Å². The zero-order chi connectivity index (χ0) is 22.3. The highest BCUT2D eigenvalue weighted by molar-refractivity contribution is 9.10. The fourth-order valence-corrected chi connectivity index (χ4v) is 4.38. The lowest BCUT2D eigenvalue weighted by molar-refractivity contribution is 0.0673. The van der Waals surface area contributed by atoms with Crippen molar-refractivity contribution in [2.75, 3.05) is 13.7 Å². The van der Waals surface area contributed by atoms with Gasteiger partial charge in [0.15, 0.2) is 11.4 Å². The molecular formula is C21H16BrCl2N3O4. The van der Waals surface area contributed by atoms with E-state index >= 15 is 0 Å². The molecular weight excluding hydrogens is 509 g/mol. The number of hydrogen-bond acceptors (Lipinski definition) is 4. The smallest absolute Gasteiger partial charge is 0.356 e. The topological polar surface area (TPSA) is 84.7 Å². The number of methoxy groups -OCH3 is 1. The first-order valence-electron chi connectivity index (χ1n) is 9.23. The summed E-state index contributed by atoms with van der Waals surface area (Å²) < 4.78 is 7.82. The van der Waals surface area contributed by atoms with Crippen LogP contribution >= 0.6 is 39.1 Å². The molecule has 0 saturated heterocycles. The number of amides is 1. The molecule has 0 fully saturated rings. The number of rotatable bonds is 4. The fourth-order valence-electron chi connectivity index (χ4n) is 3.65. The van der Waals surface area contributed by atoms with E-state index in [1.807, 2.05) is 24.3 Å². The van der Waals surface area contributed by atoms with Crippen molar-refractivity contribution < 1.29 is 19.4 Å². The van der Waals surface area contributed by atoms with E-state index in [0.29, 0.717) is 18.5 Å². The Balaban J connectivity index is 1.74. The third-order valence-electron chi connectivity index (χ3n) is 5.10. The van der Waals surface area contributed by atoms with Crippen LogP contribution in [-0.2, 0) is 13.0 Å². The molecule has 1 amide bonds. The van der Waals surface area contributed by atoms with Crippen LogP contribution in [0.5, 0.6) is 5.75 Å². The van der Waals surface area contributed by atoms with Gasteiger partial charge in [-0.25, -0.2) is 9.48 Å². The van der Waals surface area contributed by atoms with Gasteiger partial charge in [0.2, 0.25) is 0 Å². The first-order chi connectivity index (χ1) is 14.8. The number of carbonyl (C=O) groups excluding carboxylic acids is 1. The summed E-state index contributed by atoms with van der Waals surface area (Å²) in [5, 5.41) is 14.5. The Kier molecular flexibility index (Phi) is 5.96. The molecule has 1 aromatic heterocycles. The van der Waals surface area contributed by atoms with Crippen LogP contribution in [0.25, 0.3) is 5.69 Å². The molecule has 0 saturated carbocycles. The summed E-state index contributed by atoms with van der Waals surface area (Å²) in [7, 11) is 1.41. The van der Waals surface area contributed by atoms with Crippen molar-refractivity contribution in [3.05, 3.63) is 73.4 Å². The van der Waals surface area contributed by atoms with E-state index in [1.54, 1.807) is 10.7 Å². The van der Waals surface area contributed by atoms with Gasteiger partial charge in [0.25, 0.3) is 5.91 Å². The number of hydrogen-bond donors (Lipinski definition) is 1. The van der Waals surface area contributed by atoms with Crippen LogP contribution < -0.4 is 4.74 Å². The van der Waals surface area contributed by atoms with Crippen molar-refractivity contribution in [1.29, 1.82) is 0 Å². The lowest BCUT2D eigenvalue weighted by atomic mass is 10.0. The average molecular weight is 525 g/mol. The predicted octanol–water partition coefficient (Wildman–Crippen LogP) is 4.85. The number of benzene rings is 2. The highest BCUT2D eigenvalue weighted by Crippen LogP contribution is 2.36. The fraction of sp³-hybridized carbons (Fsp3) is 0.190. The number of carboxylic acid groups (broad SMARTS) is 1. The summed E-state index contributed by atoms with van der Waals surface area (Å²) in [6.45, 7) is 0.442. The molecule has 31 heavy (non-hydrogen) atoms. The number of aromatic carboxylic acids is 1. The zero-order valence-corrected chi connectivity index (χ0v) is 19.3. The van der Waals surface area contributed by atoms with Crippen molar-refractivity contribution in [3.8, 4) is 11.4 Å². The van der Waals surface area contributed by atoms with E-state index in [-0.39, 0.29) is 39.5 Å². The number of nitrogens with zero attached hydrogens (tertiary/aromatic N) is 3. The second-order valence-corrected chi connectivity index (χ2v) is 8.61. The maximum absolute atomic E-state index is 13.3. The van der Waals surface area contributed by atoms with E-state index in [2.05, 4.69) is 21.0 Å². The zero-order valence-electron chi connectivity index (χ0n) is 16.2. The van der Waals surface area contributed by atoms with Gasteiger partial charge in [-0.05, 0) is 36.4 Å². The van der Waals surface area contributed by atoms with Crippen molar-refractivity contribution in [2.24, 2.45) is 0 Å². The molecule has 0 radical (unpaired) electrons. The molecule has 2 aromatic carbocycles. The van der Waals surface area contributed by atoms with Crippen molar-refractivity contribution in [2.45, 2.75) is 13.0 Å². The molecule has 1 aliphatic heterocycles. The van der Waals surface area contributed by atoms with E-state index in [1.165, 1.54) is 18.1 Å². The van der Waals surface area contributed by atoms with Crippen molar-refractivity contribution in [3.63, 3.8) is 0 Å². The Morgan fingerprint density at radius 3 is 2.45 bits per heavy atom. The van der Waals surface area contributed by atoms with Crippen LogP contribution in [0.3, 0.4) is 0 Å². The third kappa shape index (κ3) is 3.91. The first-order valence-corrected chi connectivity index (χ1v) is 10.8. The van der Waals surface area contributed by atoms with Gasteiger partial charge in [-0.1, -0.05) is 39.1 Å². The standard InChI is InChI=1S/C21H16BrCl2N3O4/c1-31-19-15(24)7-6-14(23)17(19)20(28)26-9-8-16-13(10-26)18(21(29)30)25-27(16)12-4-2-11(22)3-5-12/h2-7H,8-10H2,1H3,(H,29,30). The van der Waals surface area contributed by atoms with Gasteiger partial charge in [-0.3, -0.25) is 4.79 Å². The highest BCUT2D eigenvalue weighted by atomic mass is 79.9. The second kappa shape index (κ2) is 8.53. The summed E-state index contributed by atoms with van der Waals surface area (Å²) in [5.41, 5.74) is 2.06. The second-order valence-electron chi connectivity index (χ2n) is 6.88. The number of carbonyl (C=O) groups is 2. The maximum Gasteiger partial charge on any atom is 0.356 e. The van der Waals surface area contributed by atoms with Crippen LogP contribution in [-0.4, -0.2) is 45.3 Å². The van der Waals surface area contributed by atoms with Crippen LogP contribution in [0.4, 0.5) is 0 Å². The summed E-state index contributed by atoms with van der Waals surface area (Å²) in [5.74, 6) is -1.35. The Labute approximate surface area is 196 Å².